The number of rotatable bonds is 5. The molecule has 24 heavy (non-hydrogen) atoms. The van der Waals surface area contributed by atoms with E-state index < -0.39 is 0 Å². The first kappa shape index (κ1) is 16.0. The van der Waals surface area contributed by atoms with Gasteiger partial charge in [-0.3, -0.25) is 0 Å². The summed E-state index contributed by atoms with van der Waals surface area (Å²) in [6, 6.07) is 15.7. The summed E-state index contributed by atoms with van der Waals surface area (Å²) in [5.74, 6) is 3.11. The van der Waals surface area contributed by atoms with Crippen LogP contribution in [0, 0.1) is 0 Å². The van der Waals surface area contributed by atoms with E-state index >= 15 is 0 Å². The molecule has 0 unspecified atom stereocenters. The molecular formula is C20H20O4. The maximum absolute atomic E-state index is 5.73. The average Bonchev–Trinajstić information content (AvgIpc) is 2.65. The molecule has 0 saturated heterocycles. The standard InChI is InChI=1S/C20H20O4/c1-21-13-8-11-19(23-3)17(12-13)16-10-9-14-15(20(16)24-4)6-5-7-18(14)22-2/h5-12H,1-4H3. The molecule has 0 aliphatic rings. The molecule has 0 fully saturated rings. The number of hydrogen-bond acceptors (Lipinski definition) is 4. The summed E-state index contributed by atoms with van der Waals surface area (Å²) in [7, 11) is 6.64. The maximum atomic E-state index is 5.73. The second-order valence-corrected chi connectivity index (χ2v) is 5.27. The van der Waals surface area contributed by atoms with E-state index in [2.05, 4.69) is 0 Å². The van der Waals surface area contributed by atoms with Gasteiger partial charge in [-0.1, -0.05) is 12.1 Å². The van der Waals surface area contributed by atoms with E-state index in [9.17, 15) is 0 Å². The van der Waals surface area contributed by atoms with Crippen molar-refractivity contribution in [3.05, 3.63) is 48.5 Å². The van der Waals surface area contributed by atoms with Crippen LogP contribution in [0.2, 0.25) is 0 Å². The Morgan fingerprint density at radius 2 is 1.38 bits per heavy atom. The maximum Gasteiger partial charge on any atom is 0.134 e. The molecule has 4 nitrogen and oxygen atoms in total. The molecule has 0 N–H and O–H groups in total. The summed E-state index contributed by atoms with van der Waals surface area (Å²) < 4.78 is 22.1. The lowest BCUT2D eigenvalue weighted by molar-refractivity contribution is 0.403. The molecule has 124 valence electrons. The van der Waals surface area contributed by atoms with Crippen molar-refractivity contribution in [3.8, 4) is 34.1 Å². The van der Waals surface area contributed by atoms with Crippen LogP contribution in [0.25, 0.3) is 21.9 Å². The second kappa shape index (κ2) is 6.71. The van der Waals surface area contributed by atoms with E-state index in [0.29, 0.717) is 0 Å². The van der Waals surface area contributed by atoms with Crippen LogP contribution in [0.1, 0.15) is 0 Å². The lowest BCUT2D eigenvalue weighted by Gasteiger charge is -2.16. The molecule has 0 heterocycles. The number of fused-ring (bicyclic) bond motifs is 1. The SMILES string of the molecule is COc1ccc(OC)c(-c2ccc3c(OC)cccc3c2OC)c1. The van der Waals surface area contributed by atoms with Crippen molar-refractivity contribution < 1.29 is 18.9 Å². The summed E-state index contributed by atoms with van der Waals surface area (Å²) in [5, 5.41) is 1.99. The monoisotopic (exact) mass is 324 g/mol. The second-order valence-electron chi connectivity index (χ2n) is 5.27. The fourth-order valence-corrected chi connectivity index (χ4v) is 2.94. The topological polar surface area (TPSA) is 36.9 Å². The van der Waals surface area contributed by atoms with Gasteiger partial charge >= 0.3 is 0 Å². The van der Waals surface area contributed by atoms with Gasteiger partial charge in [0.15, 0.2) is 0 Å². The molecule has 0 aliphatic heterocycles. The zero-order valence-electron chi connectivity index (χ0n) is 14.3. The quantitative estimate of drug-likeness (QED) is 0.690. The Balaban J connectivity index is 2.31. The Morgan fingerprint density at radius 3 is 2.04 bits per heavy atom. The van der Waals surface area contributed by atoms with Gasteiger partial charge in [-0.2, -0.15) is 0 Å². The summed E-state index contributed by atoms with van der Waals surface area (Å²) >= 11 is 0. The van der Waals surface area contributed by atoms with Crippen LogP contribution in [0.15, 0.2) is 48.5 Å². The lowest BCUT2D eigenvalue weighted by Crippen LogP contribution is -1.95. The Kier molecular flexibility index (Phi) is 4.47. The summed E-state index contributed by atoms with van der Waals surface area (Å²) in [5.41, 5.74) is 1.85. The molecule has 0 aliphatic carbocycles. The van der Waals surface area contributed by atoms with Crippen LogP contribution < -0.4 is 18.9 Å². The van der Waals surface area contributed by atoms with Crippen molar-refractivity contribution in [2.45, 2.75) is 0 Å². The van der Waals surface area contributed by atoms with Gasteiger partial charge in [0.2, 0.25) is 0 Å². The molecule has 0 bridgehead atoms. The van der Waals surface area contributed by atoms with Crippen molar-refractivity contribution in [1.29, 1.82) is 0 Å². The van der Waals surface area contributed by atoms with E-state index in [4.69, 9.17) is 18.9 Å². The Labute approximate surface area is 141 Å². The molecule has 0 saturated carbocycles. The fourth-order valence-electron chi connectivity index (χ4n) is 2.94. The number of ether oxygens (including phenoxy) is 4. The molecule has 0 radical (unpaired) electrons. The molecule has 0 atom stereocenters. The first-order valence-corrected chi connectivity index (χ1v) is 7.59. The first-order valence-electron chi connectivity index (χ1n) is 7.59. The van der Waals surface area contributed by atoms with Crippen molar-refractivity contribution >= 4 is 10.8 Å². The molecule has 0 aromatic heterocycles. The molecule has 4 heteroatoms. The molecule has 3 aromatic carbocycles. The Morgan fingerprint density at radius 1 is 0.583 bits per heavy atom. The van der Waals surface area contributed by atoms with E-state index in [-0.39, 0.29) is 0 Å². The highest BCUT2D eigenvalue weighted by atomic mass is 16.5. The van der Waals surface area contributed by atoms with Gasteiger partial charge in [0, 0.05) is 21.9 Å². The number of hydrogen-bond donors (Lipinski definition) is 0. The number of benzene rings is 3. The summed E-state index contributed by atoms with van der Waals surface area (Å²) in [4.78, 5) is 0. The predicted molar refractivity (Wildman–Crippen MR) is 95.6 cm³/mol. The third-order valence-corrected chi connectivity index (χ3v) is 4.09. The minimum Gasteiger partial charge on any atom is -0.497 e. The van der Waals surface area contributed by atoms with Gasteiger partial charge in [0.05, 0.1) is 28.4 Å². The zero-order valence-corrected chi connectivity index (χ0v) is 14.3. The normalized spacial score (nSPS) is 10.5. The lowest BCUT2D eigenvalue weighted by atomic mass is 9.98. The van der Waals surface area contributed by atoms with Gasteiger partial charge in [0.1, 0.15) is 23.0 Å². The van der Waals surface area contributed by atoms with Crippen molar-refractivity contribution in [1.82, 2.24) is 0 Å². The van der Waals surface area contributed by atoms with Gasteiger partial charge < -0.3 is 18.9 Å². The molecule has 3 aromatic rings. The minimum absolute atomic E-state index is 0.761. The summed E-state index contributed by atoms with van der Waals surface area (Å²) in [6.45, 7) is 0. The first-order chi connectivity index (χ1) is 11.7. The van der Waals surface area contributed by atoms with Crippen molar-refractivity contribution in [2.75, 3.05) is 28.4 Å². The molecule has 0 amide bonds. The molecular weight excluding hydrogens is 304 g/mol. The van der Waals surface area contributed by atoms with E-state index in [1.165, 1.54) is 0 Å². The average molecular weight is 324 g/mol. The van der Waals surface area contributed by atoms with Gasteiger partial charge in [-0.05, 0) is 36.4 Å². The van der Waals surface area contributed by atoms with Crippen LogP contribution in [0.4, 0.5) is 0 Å². The van der Waals surface area contributed by atoms with E-state index in [1.54, 1.807) is 28.4 Å². The number of methoxy groups -OCH3 is 4. The Bertz CT molecular complexity index is 871. The van der Waals surface area contributed by atoms with Gasteiger partial charge in [0.25, 0.3) is 0 Å². The van der Waals surface area contributed by atoms with Gasteiger partial charge in [-0.15, -0.1) is 0 Å². The fraction of sp³-hybridized carbons (Fsp3) is 0.200. The van der Waals surface area contributed by atoms with Crippen LogP contribution in [0.3, 0.4) is 0 Å². The van der Waals surface area contributed by atoms with Crippen LogP contribution in [0.5, 0.6) is 23.0 Å². The van der Waals surface area contributed by atoms with Crippen molar-refractivity contribution in [3.63, 3.8) is 0 Å². The third kappa shape index (κ3) is 2.60. The van der Waals surface area contributed by atoms with Crippen molar-refractivity contribution in [2.24, 2.45) is 0 Å². The van der Waals surface area contributed by atoms with E-state index in [1.807, 2.05) is 48.5 Å². The smallest absolute Gasteiger partial charge is 0.134 e. The third-order valence-electron chi connectivity index (χ3n) is 4.09. The highest BCUT2D eigenvalue weighted by Crippen LogP contribution is 2.43. The molecule has 0 spiro atoms. The summed E-state index contributed by atoms with van der Waals surface area (Å²) in [6.07, 6.45) is 0. The van der Waals surface area contributed by atoms with Gasteiger partial charge in [-0.25, -0.2) is 0 Å². The van der Waals surface area contributed by atoms with Crippen LogP contribution in [-0.2, 0) is 0 Å². The Hall–Kier alpha value is -2.88. The van der Waals surface area contributed by atoms with Crippen LogP contribution in [-0.4, -0.2) is 28.4 Å². The van der Waals surface area contributed by atoms with E-state index in [0.717, 1.165) is 44.9 Å². The minimum atomic E-state index is 0.761. The van der Waals surface area contributed by atoms with Crippen LogP contribution >= 0.6 is 0 Å². The largest absolute Gasteiger partial charge is 0.497 e. The highest BCUT2D eigenvalue weighted by Gasteiger charge is 2.16. The zero-order chi connectivity index (χ0) is 17.1. The highest BCUT2D eigenvalue weighted by molar-refractivity contribution is 5.99. The molecule has 3 rings (SSSR count). The predicted octanol–water partition coefficient (Wildman–Crippen LogP) is 4.54.